The highest BCUT2D eigenvalue weighted by Crippen LogP contribution is 2.41. The van der Waals surface area contributed by atoms with Crippen molar-refractivity contribution in [3.05, 3.63) is 69.6 Å². The molecule has 2 aromatic carbocycles. The van der Waals surface area contributed by atoms with Gasteiger partial charge in [-0.15, -0.1) is 0 Å². The molecule has 4 rings (SSSR count). The summed E-state index contributed by atoms with van der Waals surface area (Å²) in [6.45, 7) is 1.77. The average molecular weight is 335 g/mol. The van der Waals surface area contributed by atoms with E-state index in [0.717, 1.165) is 22.1 Å². The molecule has 0 bridgehead atoms. The van der Waals surface area contributed by atoms with Crippen LogP contribution >= 0.6 is 0 Å². The number of esters is 1. The molecule has 1 N–H and O–H groups in total. The van der Waals surface area contributed by atoms with E-state index in [2.05, 4.69) is 4.98 Å². The molecule has 25 heavy (non-hydrogen) atoms. The molecule has 5 nitrogen and oxygen atoms in total. The van der Waals surface area contributed by atoms with Crippen LogP contribution in [0.25, 0.3) is 10.8 Å². The summed E-state index contributed by atoms with van der Waals surface area (Å²) in [4.78, 5) is 27.5. The van der Waals surface area contributed by atoms with Crippen LogP contribution in [-0.4, -0.2) is 18.1 Å². The highest BCUT2D eigenvalue weighted by Gasteiger charge is 2.32. The van der Waals surface area contributed by atoms with Crippen molar-refractivity contribution in [2.75, 3.05) is 7.11 Å². The number of carbonyl (C=O) groups excluding carboxylic acids is 1. The standard InChI is InChI=1S/C20H17NO4/c1-11-9-17-19(20(23)21-11)15(10-18(22)25-17)13-7-8-16(24-2)14-6-4-3-5-12(13)14/h3-9,15H,10H2,1-2H3,(H,21,23). The molecule has 2 heterocycles. The Morgan fingerprint density at radius 2 is 1.88 bits per heavy atom. The van der Waals surface area contributed by atoms with Gasteiger partial charge >= 0.3 is 5.97 Å². The van der Waals surface area contributed by atoms with Crippen LogP contribution in [0.3, 0.4) is 0 Å². The molecule has 0 fully saturated rings. The van der Waals surface area contributed by atoms with E-state index in [0.29, 0.717) is 17.0 Å². The molecule has 1 atom stereocenters. The molecule has 1 aliphatic rings. The fourth-order valence-electron chi connectivity index (χ4n) is 3.56. The number of aromatic amines is 1. The van der Waals surface area contributed by atoms with Gasteiger partial charge in [-0.05, 0) is 23.9 Å². The molecule has 1 aromatic heterocycles. The van der Waals surface area contributed by atoms with Gasteiger partial charge in [0, 0.05) is 23.1 Å². The summed E-state index contributed by atoms with van der Waals surface area (Å²) >= 11 is 0. The van der Waals surface area contributed by atoms with Gasteiger partial charge < -0.3 is 14.5 Å². The van der Waals surface area contributed by atoms with Crippen LogP contribution in [0.2, 0.25) is 0 Å². The van der Waals surface area contributed by atoms with Crippen molar-refractivity contribution >= 4 is 16.7 Å². The monoisotopic (exact) mass is 335 g/mol. The van der Waals surface area contributed by atoms with Gasteiger partial charge in [0.05, 0.1) is 19.1 Å². The second kappa shape index (κ2) is 5.77. The van der Waals surface area contributed by atoms with Gasteiger partial charge in [0.1, 0.15) is 11.5 Å². The molecule has 0 radical (unpaired) electrons. The lowest BCUT2D eigenvalue weighted by Gasteiger charge is -2.25. The third-order valence-electron chi connectivity index (χ3n) is 4.62. The number of fused-ring (bicyclic) bond motifs is 2. The Balaban J connectivity index is 2.00. The van der Waals surface area contributed by atoms with Gasteiger partial charge in [0.2, 0.25) is 0 Å². The number of methoxy groups -OCH3 is 1. The number of carbonyl (C=O) groups is 1. The number of pyridine rings is 1. The first-order valence-electron chi connectivity index (χ1n) is 8.08. The zero-order valence-electron chi connectivity index (χ0n) is 14.0. The van der Waals surface area contributed by atoms with Gasteiger partial charge in [-0.1, -0.05) is 30.3 Å². The van der Waals surface area contributed by atoms with Crippen molar-refractivity contribution in [3.63, 3.8) is 0 Å². The SMILES string of the molecule is COc1ccc(C2CC(=O)Oc3cc(C)[nH]c(=O)c32)c2ccccc12. The third kappa shape index (κ3) is 2.48. The summed E-state index contributed by atoms with van der Waals surface area (Å²) in [6.07, 6.45) is 0.134. The smallest absolute Gasteiger partial charge is 0.312 e. The van der Waals surface area contributed by atoms with E-state index in [-0.39, 0.29) is 23.9 Å². The Morgan fingerprint density at radius 3 is 2.64 bits per heavy atom. The Kier molecular flexibility index (Phi) is 3.57. The first-order valence-corrected chi connectivity index (χ1v) is 8.08. The number of hydrogen-bond donors (Lipinski definition) is 1. The third-order valence-corrected chi connectivity index (χ3v) is 4.62. The molecule has 1 unspecified atom stereocenters. The largest absolute Gasteiger partial charge is 0.496 e. The van der Waals surface area contributed by atoms with Gasteiger partial charge in [-0.3, -0.25) is 9.59 Å². The molecule has 0 spiro atoms. The van der Waals surface area contributed by atoms with Crippen molar-refractivity contribution in [3.8, 4) is 11.5 Å². The number of H-pyrrole nitrogens is 1. The van der Waals surface area contributed by atoms with Crippen molar-refractivity contribution in [2.45, 2.75) is 19.3 Å². The zero-order chi connectivity index (χ0) is 17.6. The lowest BCUT2D eigenvalue weighted by atomic mass is 9.84. The molecular formula is C20H17NO4. The van der Waals surface area contributed by atoms with Crippen LogP contribution in [0, 0.1) is 6.92 Å². The minimum Gasteiger partial charge on any atom is -0.496 e. The lowest BCUT2D eigenvalue weighted by Crippen LogP contribution is -2.28. The Hall–Kier alpha value is -3.08. The number of benzene rings is 2. The maximum Gasteiger partial charge on any atom is 0.312 e. The van der Waals surface area contributed by atoms with Crippen LogP contribution in [-0.2, 0) is 4.79 Å². The highest BCUT2D eigenvalue weighted by atomic mass is 16.5. The molecule has 0 saturated heterocycles. The lowest BCUT2D eigenvalue weighted by molar-refractivity contribution is -0.135. The second-order valence-electron chi connectivity index (χ2n) is 6.19. The summed E-state index contributed by atoms with van der Waals surface area (Å²) in [6, 6.07) is 13.3. The van der Waals surface area contributed by atoms with Crippen molar-refractivity contribution in [1.82, 2.24) is 4.98 Å². The molecule has 3 aromatic rings. The maximum absolute atomic E-state index is 12.6. The Labute approximate surface area is 144 Å². The van der Waals surface area contributed by atoms with E-state index in [9.17, 15) is 9.59 Å². The predicted octanol–water partition coefficient (Wildman–Crippen LogP) is 3.29. The molecule has 1 aliphatic heterocycles. The van der Waals surface area contributed by atoms with E-state index in [4.69, 9.17) is 9.47 Å². The molecule has 0 amide bonds. The van der Waals surface area contributed by atoms with E-state index >= 15 is 0 Å². The summed E-state index contributed by atoms with van der Waals surface area (Å²) in [7, 11) is 1.63. The van der Waals surface area contributed by atoms with E-state index in [1.807, 2.05) is 36.4 Å². The van der Waals surface area contributed by atoms with Gasteiger partial charge in [-0.2, -0.15) is 0 Å². The predicted molar refractivity (Wildman–Crippen MR) is 94.4 cm³/mol. The first kappa shape index (κ1) is 15.4. The van der Waals surface area contributed by atoms with Crippen LogP contribution < -0.4 is 15.0 Å². The minimum atomic E-state index is -0.351. The molecule has 0 aliphatic carbocycles. The first-order chi connectivity index (χ1) is 12.1. The van der Waals surface area contributed by atoms with Crippen LogP contribution in [0.1, 0.15) is 29.2 Å². The van der Waals surface area contributed by atoms with Crippen molar-refractivity contribution in [1.29, 1.82) is 0 Å². The molecule has 126 valence electrons. The Morgan fingerprint density at radius 1 is 1.12 bits per heavy atom. The molecule has 5 heteroatoms. The van der Waals surface area contributed by atoms with Gasteiger partial charge in [0.15, 0.2) is 0 Å². The number of aryl methyl sites for hydroxylation is 1. The van der Waals surface area contributed by atoms with Crippen LogP contribution in [0.5, 0.6) is 11.5 Å². The topological polar surface area (TPSA) is 68.4 Å². The number of aromatic nitrogens is 1. The summed E-state index contributed by atoms with van der Waals surface area (Å²) in [5, 5.41) is 1.92. The minimum absolute atomic E-state index is 0.134. The van der Waals surface area contributed by atoms with E-state index in [1.165, 1.54) is 0 Å². The normalized spacial score (nSPS) is 16.4. The fourth-order valence-corrected chi connectivity index (χ4v) is 3.56. The second-order valence-corrected chi connectivity index (χ2v) is 6.19. The Bertz CT molecular complexity index is 1050. The fraction of sp³-hybridized carbons (Fsp3) is 0.200. The maximum atomic E-state index is 12.6. The van der Waals surface area contributed by atoms with Crippen molar-refractivity contribution < 1.29 is 14.3 Å². The average Bonchev–Trinajstić information content (AvgIpc) is 2.59. The van der Waals surface area contributed by atoms with Crippen LogP contribution in [0.15, 0.2) is 47.3 Å². The molecular weight excluding hydrogens is 318 g/mol. The van der Waals surface area contributed by atoms with E-state index in [1.54, 1.807) is 20.1 Å². The molecule has 0 saturated carbocycles. The highest BCUT2D eigenvalue weighted by molar-refractivity contribution is 5.92. The van der Waals surface area contributed by atoms with Crippen molar-refractivity contribution in [2.24, 2.45) is 0 Å². The van der Waals surface area contributed by atoms with Gasteiger partial charge in [-0.25, -0.2) is 0 Å². The summed E-state index contributed by atoms with van der Waals surface area (Å²) in [5.41, 5.74) is 1.87. The quantitative estimate of drug-likeness (QED) is 0.730. The van der Waals surface area contributed by atoms with Crippen LogP contribution in [0.4, 0.5) is 0 Å². The van der Waals surface area contributed by atoms with Gasteiger partial charge in [0.25, 0.3) is 5.56 Å². The van der Waals surface area contributed by atoms with E-state index < -0.39 is 0 Å². The number of nitrogens with one attached hydrogen (secondary N) is 1. The summed E-state index contributed by atoms with van der Waals surface area (Å²) in [5.74, 6) is 0.428. The number of hydrogen-bond acceptors (Lipinski definition) is 4. The summed E-state index contributed by atoms with van der Waals surface area (Å²) < 4.78 is 10.8. The number of ether oxygens (including phenoxy) is 2. The number of rotatable bonds is 2. The zero-order valence-corrected chi connectivity index (χ0v) is 14.0.